The van der Waals surface area contributed by atoms with Gasteiger partial charge in [-0.15, -0.1) is 0 Å². The van der Waals surface area contributed by atoms with Crippen molar-refractivity contribution < 1.29 is 4.92 Å². The van der Waals surface area contributed by atoms with E-state index < -0.39 is 0 Å². The Morgan fingerprint density at radius 1 is 1.58 bits per heavy atom. The number of hydrogen-bond acceptors (Lipinski definition) is 4. The molecule has 106 valence electrons. The number of nitrogens with zero attached hydrogens (tertiary/aromatic N) is 3. The summed E-state index contributed by atoms with van der Waals surface area (Å²) in [6.07, 6.45) is 1.17. The second kappa shape index (κ2) is 4.51. The van der Waals surface area contributed by atoms with Crippen LogP contribution in [0.2, 0.25) is 0 Å². The van der Waals surface area contributed by atoms with Crippen molar-refractivity contribution in [1.29, 1.82) is 0 Å². The minimum atomic E-state index is -0.346. The van der Waals surface area contributed by atoms with E-state index in [1.54, 1.807) is 11.6 Å². The quantitative estimate of drug-likeness (QED) is 0.656. The van der Waals surface area contributed by atoms with E-state index in [9.17, 15) is 10.1 Å². The molecule has 1 atom stereocenters. The van der Waals surface area contributed by atoms with Crippen LogP contribution >= 0.6 is 0 Å². The molecule has 2 rings (SSSR count). The van der Waals surface area contributed by atoms with Crippen LogP contribution in [0.5, 0.6) is 0 Å². The van der Waals surface area contributed by atoms with Crippen molar-refractivity contribution in [3.8, 4) is 0 Å². The van der Waals surface area contributed by atoms with Crippen LogP contribution in [0.4, 0.5) is 11.5 Å². The fraction of sp³-hybridized carbons (Fsp3) is 0.769. The largest absolute Gasteiger partial charge is 0.364 e. The van der Waals surface area contributed by atoms with Gasteiger partial charge in [0, 0.05) is 12.6 Å². The van der Waals surface area contributed by atoms with Crippen LogP contribution in [0.1, 0.15) is 45.9 Å². The fourth-order valence-corrected chi connectivity index (χ4v) is 2.44. The highest BCUT2D eigenvalue weighted by molar-refractivity contribution is 5.59. The first-order valence-corrected chi connectivity index (χ1v) is 6.71. The van der Waals surface area contributed by atoms with E-state index >= 15 is 0 Å². The van der Waals surface area contributed by atoms with Crippen LogP contribution in [0, 0.1) is 28.4 Å². The van der Waals surface area contributed by atoms with Crippen molar-refractivity contribution in [2.45, 2.75) is 47.1 Å². The van der Waals surface area contributed by atoms with Crippen molar-refractivity contribution in [3.63, 3.8) is 0 Å². The third kappa shape index (κ3) is 2.57. The zero-order valence-corrected chi connectivity index (χ0v) is 12.2. The molecule has 0 saturated heterocycles. The zero-order chi connectivity index (χ0) is 14.4. The summed E-state index contributed by atoms with van der Waals surface area (Å²) in [6, 6.07) is 0.0992. The molecule has 0 aliphatic heterocycles. The summed E-state index contributed by atoms with van der Waals surface area (Å²) in [7, 11) is 0. The summed E-state index contributed by atoms with van der Waals surface area (Å²) in [5.41, 5.74) is 0.933. The first-order chi connectivity index (χ1) is 8.74. The van der Waals surface area contributed by atoms with Gasteiger partial charge in [0.25, 0.3) is 0 Å². The molecule has 0 amide bonds. The Morgan fingerprint density at radius 2 is 2.16 bits per heavy atom. The highest BCUT2D eigenvalue weighted by atomic mass is 16.6. The highest BCUT2D eigenvalue weighted by Gasteiger charge is 2.45. The molecule has 6 heteroatoms. The third-order valence-corrected chi connectivity index (χ3v) is 3.96. The Balaban J connectivity index is 2.23. The number of anilines is 1. The van der Waals surface area contributed by atoms with Crippen LogP contribution in [-0.2, 0) is 0 Å². The first-order valence-electron chi connectivity index (χ1n) is 6.71. The van der Waals surface area contributed by atoms with Gasteiger partial charge in [-0.25, -0.2) is 4.68 Å². The van der Waals surface area contributed by atoms with Crippen LogP contribution in [-0.4, -0.2) is 21.2 Å². The normalized spacial score (nSPS) is 20.6. The van der Waals surface area contributed by atoms with Crippen molar-refractivity contribution in [3.05, 3.63) is 15.8 Å². The summed E-state index contributed by atoms with van der Waals surface area (Å²) in [5, 5.41) is 18.7. The van der Waals surface area contributed by atoms with E-state index in [1.807, 2.05) is 13.8 Å². The predicted octanol–water partition coefficient (Wildman–Crippen LogP) is 3.14. The standard InChI is InChI=1S/C13H22N4O2/c1-8(2)16-12(11(17(18)19)9(3)15-16)14-7-10-6-13(10,4)5/h8,10,14H,6-7H2,1-5H3. The number of aromatic nitrogens is 2. The van der Waals surface area contributed by atoms with E-state index in [0.717, 1.165) is 6.54 Å². The maximum absolute atomic E-state index is 11.2. The van der Waals surface area contributed by atoms with Gasteiger partial charge in [0.05, 0.1) is 4.92 Å². The number of hydrogen-bond donors (Lipinski definition) is 1. The minimum Gasteiger partial charge on any atom is -0.364 e. The van der Waals surface area contributed by atoms with Gasteiger partial charge >= 0.3 is 5.69 Å². The molecule has 6 nitrogen and oxygen atoms in total. The molecule has 1 unspecified atom stereocenters. The van der Waals surface area contributed by atoms with Gasteiger partial charge in [-0.05, 0) is 38.5 Å². The molecule has 1 heterocycles. The smallest absolute Gasteiger partial charge is 0.333 e. The van der Waals surface area contributed by atoms with Crippen molar-refractivity contribution in [2.75, 3.05) is 11.9 Å². The molecule has 1 fully saturated rings. The molecule has 1 aromatic rings. The van der Waals surface area contributed by atoms with Crippen LogP contribution in [0.15, 0.2) is 0 Å². The topological polar surface area (TPSA) is 73.0 Å². The molecule has 0 bridgehead atoms. The van der Waals surface area contributed by atoms with Crippen LogP contribution in [0.3, 0.4) is 0 Å². The van der Waals surface area contributed by atoms with E-state index in [0.29, 0.717) is 22.8 Å². The fourth-order valence-electron chi connectivity index (χ4n) is 2.44. The number of aryl methyl sites for hydroxylation is 1. The Hall–Kier alpha value is -1.59. The first kappa shape index (κ1) is 13.8. The Bertz CT molecular complexity index is 505. The zero-order valence-electron chi connectivity index (χ0n) is 12.2. The van der Waals surface area contributed by atoms with Gasteiger partial charge in [-0.3, -0.25) is 10.1 Å². The average molecular weight is 266 g/mol. The second-order valence-electron chi connectivity index (χ2n) is 6.35. The third-order valence-electron chi connectivity index (χ3n) is 3.96. The summed E-state index contributed by atoms with van der Waals surface area (Å²) in [6.45, 7) is 10.8. The monoisotopic (exact) mass is 266 g/mol. The average Bonchev–Trinajstić information content (AvgIpc) is 2.73. The number of nitrogens with one attached hydrogen (secondary N) is 1. The van der Waals surface area contributed by atoms with Gasteiger partial charge in [-0.2, -0.15) is 5.10 Å². The SMILES string of the molecule is Cc1nn(C(C)C)c(NCC2CC2(C)C)c1[N+](=O)[O-]. The molecule has 1 aromatic heterocycles. The Kier molecular flexibility index (Phi) is 3.28. The maximum atomic E-state index is 11.2. The lowest BCUT2D eigenvalue weighted by Gasteiger charge is -2.12. The molecule has 1 aliphatic rings. The second-order valence-corrected chi connectivity index (χ2v) is 6.35. The van der Waals surface area contributed by atoms with Gasteiger partial charge in [0.2, 0.25) is 5.82 Å². The summed E-state index contributed by atoms with van der Waals surface area (Å²) < 4.78 is 1.71. The summed E-state index contributed by atoms with van der Waals surface area (Å²) in [4.78, 5) is 10.8. The molecule has 1 N–H and O–H groups in total. The molecule has 0 spiro atoms. The summed E-state index contributed by atoms with van der Waals surface area (Å²) in [5.74, 6) is 1.13. The van der Waals surface area contributed by atoms with E-state index in [-0.39, 0.29) is 16.7 Å². The molecule has 0 aromatic carbocycles. The van der Waals surface area contributed by atoms with Crippen molar-refractivity contribution in [2.24, 2.45) is 11.3 Å². The molecule has 1 aliphatic carbocycles. The molecular formula is C13H22N4O2. The lowest BCUT2D eigenvalue weighted by Crippen LogP contribution is -2.14. The Morgan fingerprint density at radius 3 is 2.58 bits per heavy atom. The van der Waals surface area contributed by atoms with Crippen LogP contribution < -0.4 is 5.32 Å². The molecule has 1 saturated carbocycles. The van der Waals surface area contributed by atoms with E-state index in [1.165, 1.54) is 6.42 Å². The molecular weight excluding hydrogens is 244 g/mol. The summed E-state index contributed by atoms with van der Waals surface area (Å²) >= 11 is 0. The van der Waals surface area contributed by atoms with Gasteiger partial charge in [0.1, 0.15) is 5.69 Å². The van der Waals surface area contributed by atoms with Gasteiger partial charge in [-0.1, -0.05) is 13.8 Å². The Labute approximate surface area is 113 Å². The minimum absolute atomic E-state index is 0.0992. The van der Waals surface area contributed by atoms with E-state index in [4.69, 9.17) is 0 Å². The maximum Gasteiger partial charge on any atom is 0.333 e. The van der Waals surface area contributed by atoms with Gasteiger partial charge < -0.3 is 5.32 Å². The predicted molar refractivity (Wildman–Crippen MR) is 74.4 cm³/mol. The molecule has 0 radical (unpaired) electrons. The van der Waals surface area contributed by atoms with E-state index in [2.05, 4.69) is 24.3 Å². The van der Waals surface area contributed by atoms with Crippen LogP contribution in [0.25, 0.3) is 0 Å². The van der Waals surface area contributed by atoms with Crippen molar-refractivity contribution in [1.82, 2.24) is 9.78 Å². The molecule has 19 heavy (non-hydrogen) atoms. The van der Waals surface area contributed by atoms with Crippen molar-refractivity contribution >= 4 is 11.5 Å². The highest BCUT2D eigenvalue weighted by Crippen LogP contribution is 2.51. The number of nitro groups is 1. The van der Waals surface area contributed by atoms with Gasteiger partial charge in [0.15, 0.2) is 0 Å². The lowest BCUT2D eigenvalue weighted by molar-refractivity contribution is -0.384. The number of rotatable bonds is 5. The lowest BCUT2D eigenvalue weighted by atomic mass is 10.1.